The fourth-order valence-electron chi connectivity index (χ4n) is 2.91. The minimum absolute atomic E-state index is 0.477. The summed E-state index contributed by atoms with van der Waals surface area (Å²) in [7, 11) is 1.56. The van der Waals surface area contributed by atoms with Crippen LogP contribution in [-0.4, -0.2) is 28.0 Å². The molecule has 0 saturated heterocycles. The van der Waals surface area contributed by atoms with Crippen LogP contribution in [0.5, 0.6) is 5.75 Å². The zero-order valence-corrected chi connectivity index (χ0v) is 11.6. The lowest BCUT2D eigenvalue weighted by Crippen LogP contribution is -2.41. The zero-order valence-electron chi connectivity index (χ0n) is 11.6. The molecule has 0 amide bonds. The van der Waals surface area contributed by atoms with E-state index in [4.69, 9.17) is 4.74 Å². The Morgan fingerprint density at radius 3 is 2.74 bits per heavy atom. The molecule has 1 saturated carbocycles. The lowest BCUT2D eigenvalue weighted by Gasteiger charge is -2.31. The number of carboxylic acids is 1. The van der Waals surface area contributed by atoms with Gasteiger partial charge in [0.25, 0.3) is 0 Å². The predicted octanol–water partition coefficient (Wildman–Crippen LogP) is 2.66. The van der Waals surface area contributed by atoms with Crippen molar-refractivity contribution in [2.75, 3.05) is 7.11 Å². The molecule has 0 bridgehead atoms. The number of methoxy groups -OCH3 is 1. The number of carboxylic acid groups (broad SMARTS) is 1. The van der Waals surface area contributed by atoms with Crippen LogP contribution in [0.2, 0.25) is 0 Å². The Hall–Kier alpha value is -1.52. The van der Waals surface area contributed by atoms with Gasteiger partial charge in [0.15, 0.2) is 11.3 Å². The van der Waals surface area contributed by atoms with Crippen LogP contribution in [0.15, 0.2) is 12.4 Å². The average Bonchev–Trinajstić information content (AvgIpc) is 2.89. The van der Waals surface area contributed by atoms with Crippen LogP contribution in [0.1, 0.15) is 45.4 Å². The van der Waals surface area contributed by atoms with Gasteiger partial charge in [-0.15, -0.1) is 0 Å². The van der Waals surface area contributed by atoms with Gasteiger partial charge in [0, 0.05) is 0 Å². The third-order valence-electron chi connectivity index (χ3n) is 4.17. The van der Waals surface area contributed by atoms with Crippen LogP contribution >= 0.6 is 0 Å². The van der Waals surface area contributed by atoms with E-state index >= 15 is 0 Å². The minimum Gasteiger partial charge on any atom is -0.493 e. The van der Waals surface area contributed by atoms with Gasteiger partial charge in [-0.25, -0.2) is 4.79 Å². The van der Waals surface area contributed by atoms with Crippen molar-refractivity contribution in [3.05, 3.63) is 12.4 Å². The molecule has 1 aromatic heterocycles. The molecule has 0 radical (unpaired) electrons. The lowest BCUT2D eigenvalue weighted by atomic mass is 9.80. The topological polar surface area (TPSA) is 64.4 Å². The SMILES string of the molecule is COc1cnn(C(C)(CC2CCCCC2)C(=O)O)c1. The van der Waals surface area contributed by atoms with Crippen LogP contribution in [0.3, 0.4) is 0 Å². The first kappa shape index (κ1) is 13.9. The van der Waals surface area contributed by atoms with Crippen molar-refractivity contribution in [1.29, 1.82) is 0 Å². The van der Waals surface area contributed by atoms with Crippen LogP contribution in [0, 0.1) is 5.92 Å². The number of hydrogen-bond donors (Lipinski definition) is 1. The van der Waals surface area contributed by atoms with Crippen molar-refractivity contribution in [3.8, 4) is 5.75 Å². The van der Waals surface area contributed by atoms with Gasteiger partial charge in [-0.2, -0.15) is 5.10 Å². The Labute approximate surface area is 113 Å². The predicted molar refractivity (Wildman–Crippen MR) is 71.3 cm³/mol. The van der Waals surface area contributed by atoms with E-state index in [9.17, 15) is 9.90 Å². The maximum atomic E-state index is 11.7. The summed E-state index contributed by atoms with van der Waals surface area (Å²) in [6, 6.07) is 0. The molecule has 1 aliphatic rings. The van der Waals surface area contributed by atoms with Gasteiger partial charge in [0.2, 0.25) is 0 Å². The third-order valence-corrected chi connectivity index (χ3v) is 4.17. The molecule has 5 nitrogen and oxygen atoms in total. The summed E-state index contributed by atoms with van der Waals surface area (Å²) >= 11 is 0. The Balaban J connectivity index is 2.18. The maximum absolute atomic E-state index is 11.7. The molecule has 1 aromatic rings. The molecule has 2 rings (SSSR count). The average molecular weight is 266 g/mol. The highest BCUT2D eigenvalue weighted by Gasteiger charge is 2.38. The van der Waals surface area contributed by atoms with Crippen molar-refractivity contribution in [3.63, 3.8) is 0 Å². The number of aromatic nitrogens is 2. The number of aliphatic carboxylic acids is 1. The van der Waals surface area contributed by atoms with Crippen LogP contribution in [0.25, 0.3) is 0 Å². The van der Waals surface area contributed by atoms with Crippen molar-refractivity contribution >= 4 is 5.97 Å². The Kier molecular flexibility index (Phi) is 4.12. The van der Waals surface area contributed by atoms with Gasteiger partial charge >= 0.3 is 5.97 Å². The smallest absolute Gasteiger partial charge is 0.331 e. The summed E-state index contributed by atoms with van der Waals surface area (Å²) in [5, 5.41) is 13.8. The Morgan fingerprint density at radius 2 is 2.21 bits per heavy atom. The number of ether oxygens (including phenoxy) is 1. The lowest BCUT2D eigenvalue weighted by molar-refractivity contribution is -0.148. The fourth-order valence-corrected chi connectivity index (χ4v) is 2.91. The molecular formula is C14H22N2O3. The van der Waals surface area contributed by atoms with Gasteiger partial charge in [0.05, 0.1) is 19.5 Å². The minimum atomic E-state index is -0.987. The molecule has 5 heteroatoms. The van der Waals surface area contributed by atoms with Crippen molar-refractivity contribution in [2.45, 2.75) is 51.0 Å². The van der Waals surface area contributed by atoms with E-state index in [1.54, 1.807) is 26.4 Å². The van der Waals surface area contributed by atoms with Crippen LogP contribution in [-0.2, 0) is 10.3 Å². The molecule has 1 aliphatic carbocycles. The molecule has 1 heterocycles. The molecule has 0 aliphatic heterocycles. The molecule has 19 heavy (non-hydrogen) atoms. The normalized spacial score (nSPS) is 19.9. The highest BCUT2D eigenvalue weighted by molar-refractivity contribution is 5.76. The first-order valence-corrected chi connectivity index (χ1v) is 6.89. The van der Waals surface area contributed by atoms with Gasteiger partial charge in [-0.3, -0.25) is 4.68 Å². The Morgan fingerprint density at radius 1 is 1.53 bits per heavy atom. The van der Waals surface area contributed by atoms with E-state index in [2.05, 4.69) is 5.10 Å². The second-order valence-electron chi connectivity index (χ2n) is 5.61. The van der Waals surface area contributed by atoms with Gasteiger partial charge < -0.3 is 9.84 Å². The molecule has 1 unspecified atom stereocenters. The highest BCUT2D eigenvalue weighted by Crippen LogP contribution is 2.34. The molecule has 1 atom stereocenters. The number of nitrogens with zero attached hydrogens (tertiary/aromatic N) is 2. The summed E-state index contributed by atoms with van der Waals surface area (Å²) in [6.07, 6.45) is 9.80. The van der Waals surface area contributed by atoms with Crippen molar-refractivity contribution in [1.82, 2.24) is 9.78 Å². The summed E-state index contributed by atoms with van der Waals surface area (Å²) in [4.78, 5) is 11.7. The standard InChI is InChI=1S/C14H22N2O3/c1-14(13(17)18,8-11-6-4-3-5-7-11)16-10-12(19-2)9-15-16/h9-11H,3-8H2,1-2H3,(H,17,18). The maximum Gasteiger partial charge on any atom is 0.331 e. The van der Waals surface area contributed by atoms with Crippen molar-refractivity contribution in [2.24, 2.45) is 5.92 Å². The molecule has 106 valence electrons. The van der Waals surface area contributed by atoms with E-state index < -0.39 is 11.5 Å². The molecular weight excluding hydrogens is 244 g/mol. The fraction of sp³-hybridized carbons (Fsp3) is 0.714. The molecule has 0 aromatic carbocycles. The molecule has 0 spiro atoms. The first-order chi connectivity index (χ1) is 9.06. The molecule has 1 N–H and O–H groups in total. The van der Waals surface area contributed by atoms with Crippen molar-refractivity contribution < 1.29 is 14.6 Å². The summed E-state index contributed by atoms with van der Waals surface area (Å²) in [6.45, 7) is 1.75. The summed E-state index contributed by atoms with van der Waals surface area (Å²) < 4.78 is 6.61. The quantitative estimate of drug-likeness (QED) is 0.890. The third kappa shape index (κ3) is 2.91. The second-order valence-corrected chi connectivity index (χ2v) is 5.61. The highest BCUT2D eigenvalue weighted by atomic mass is 16.5. The van der Waals surface area contributed by atoms with E-state index in [0.717, 1.165) is 12.8 Å². The van der Waals surface area contributed by atoms with E-state index in [0.29, 0.717) is 18.1 Å². The largest absolute Gasteiger partial charge is 0.493 e. The number of carbonyl (C=O) groups is 1. The second kappa shape index (κ2) is 5.63. The van der Waals surface area contributed by atoms with Gasteiger partial charge in [-0.05, 0) is 19.3 Å². The van der Waals surface area contributed by atoms with E-state index in [1.165, 1.54) is 23.9 Å². The van der Waals surface area contributed by atoms with Gasteiger partial charge in [-0.1, -0.05) is 32.1 Å². The summed E-state index contributed by atoms with van der Waals surface area (Å²) in [5.41, 5.74) is -0.987. The van der Waals surface area contributed by atoms with Crippen LogP contribution in [0.4, 0.5) is 0 Å². The summed E-state index contributed by atoms with van der Waals surface area (Å²) in [5.74, 6) is 0.241. The number of hydrogen-bond acceptors (Lipinski definition) is 3. The zero-order chi connectivity index (χ0) is 13.9. The Bertz CT molecular complexity index is 438. The van der Waals surface area contributed by atoms with Crippen LogP contribution < -0.4 is 4.74 Å². The van der Waals surface area contributed by atoms with E-state index in [-0.39, 0.29) is 0 Å². The molecule has 1 fully saturated rings. The number of rotatable bonds is 5. The monoisotopic (exact) mass is 266 g/mol. The van der Waals surface area contributed by atoms with E-state index in [1.807, 2.05) is 0 Å². The first-order valence-electron chi connectivity index (χ1n) is 6.89. The van der Waals surface area contributed by atoms with Gasteiger partial charge in [0.1, 0.15) is 0 Å².